The summed E-state index contributed by atoms with van der Waals surface area (Å²) >= 11 is 0. The van der Waals surface area contributed by atoms with E-state index in [1.54, 1.807) is 25.1 Å². The lowest BCUT2D eigenvalue weighted by Gasteiger charge is -2.08. The molecular weight excluding hydrogens is 248 g/mol. The van der Waals surface area contributed by atoms with E-state index in [-0.39, 0.29) is 12.3 Å². The number of nitrogens with zero attached hydrogens (tertiary/aromatic N) is 2. The number of hydrogen-bond acceptors (Lipinski definition) is 5. The molecule has 0 radical (unpaired) electrons. The van der Waals surface area contributed by atoms with Crippen molar-refractivity contribution in [1.82, 2.24) is 4.98 Å². The number of hydrogen-bond donors (Lipinski definition) is 1. The van der Waals surface area contributed by atoms with Crippen molar-refractivity contribution in [3.8, 4) is 11.6 Å². The molecule has 6 nitrogen and oxygen atoms in total. The Balaban J connectivity index is 2.26. The first-order valence-electron chi connectivity index (χ1n) is 5.59. The molecule has 6 heteroatoms. The normalized spacial score (nSPS) is 10.2. The fraction of sp³-hybridized carbons (Fsp3) is 0.154. The number of aromatic nitrogens is 1. The first kappa shape index (κ1) is 13.0. The zero-order valence-electron chi connectivity index (χ0n) is 10.2. The number of benzene rings is 1. The molecule has 2 aromatic rings. The van der Waals surface area contributed by atoms with Gasteiger partial charge < -0.3 is 9.84 Å². The minimum atomic E-state index is -0.484. The Morgan fingerprint density at radius 3 is 2.84 bits per heavy atom. The number of non-ortho nitro benzene ring substituents is 1. The summed E-state index contributed by atoms with van der Waals surface area (Å²) in [5, 5.41) is 19.6. The minimum absolute atomic E-state index is 0.0397. The summed E-state index contributed by atoms with van der Waals surface area (Å²) in [6.45, 7) is 1.70. The van der Waals surface area contributed by atoms with Crippen LogP contribution < -0.4 is 4.74 Å². The van der Waals surface area contributed by atoms with E-state index in [9.17, 15) is 10.1 Å². The van der Waals surface area contributed by atoms with Crippen LogP contribution >= 0.6 is 0 Å². The molecule has 2 rings (SSSR count). The van der Waals surface area contributed by atoms with Gasteiger partial charge in [-0.2, -0.15) is 0 Å². The van der Waals surface area contributed by atoms with Gasteiger partial charge in [0.25, 0.3) is 5.69 Å². The van der Waals surface area contributed by atoms with Crippen LogP contribution in [0.15, 0.2) is 36.5 Å². The predicted molar refractivity (Wildman–Crippen MR) is 68.1 cm³/mol. The zero-order chi connectivity index (χ0) is 13.8. The second-order valence-corrected chi connectivity index (χ2v) is 3.98. The number of nitro groups is 1. The molecule has 1 aromatic heterocycles. The highest BCUT2D eigenvalue weighted by Gasteiger charge is 2.09. The fourth-order valence-electron chi connectivity index (χ4n) is 1.59. The summed E-state index contributed by atoms with van der Waals surface area (Å²) < 4.78 is 5.50. The van der Waals surface area contributed by atoms with E-state index in [2.05, 4.69) is 4.98 Å². The Bertz CT molecular complexity index is 613. The number of pyridine rings is 1. The van der Waals surface area contributed by atoms with E-state index >= 15 is 0 Å². The molecule has 0 amide bonds. The van der Waals surface area contributed by atoms with Gasteiger partial charge in [0.15, 0.2) is 0 Å². The molecule has 1 heterocycles. The summed E-state index contributed by atoms with van der Waals surface area (Å²) in [5.41, 5.74) is 1.39. The third-order valence-corrected chi connectivity index (χ3v) is 2.51. The Morgan fingerprint density at radius 1 is 1.42 bits per heavy atom. The largest absolute Gasteiger partial charge is 0.439 e. The SMILES string of the molecule is Cc1cc(CO)cnc1Oc1cccc([N+](=O)[O-])c1. The second kappa shape index (κ2) is 5.45. The number of ether oxygens (including phenoxy) is 1. The molecule has 0 aliphatic carbocycles. The van der Waals surface area contributed by atoms with E-state index in [0.717, 1.165) is 5.56 Å². The lowest BCUT2D eigenvalue weighted by atomic mass is 10.2. The molecule has 98 valence electrons. The van der Waals surface area contributed by atoms with Crippen molar-refractivity contribution in [2.45, 2.75) is 13.5 Å². The zero-order valence-corrected chi connectivity index (χ0v) is 10.2. The maximum absolute atomic E-state index is 10.7. The van der Waals surface area contributed by atoms with Gasteiger partial charge in [-0.15, -0.1) is 0 Å². The molecule has 19 heavy (non-hydrogen) atoms. The number of aliphatic hydroxyl groups is 1. The van der Waals surface area contributed by atoms with E-state index in [0.29, 0.717) is 17.2 Å². The molecule has 0 saturated heterocycles. The second-order valence-electron chi connectivity index (χ2n) is 3.98. The lowest BCUT2D eigenvalue weighted by Crippen LogP contribution is -1.95. The topological polar surface area (TPSA) is 85.5 Å². The van der Waals surface area contributed by atoms with E-state index in [1.165, 1.54) is 18.3 Å². The van der Waals surface area contributed by atoms with Crippen molar-refractivity contribution in [2.24, 2.45) is 0 Å². The summed E-state index contributed by atoms with van der Waals surface area (Å²) in [4.78, 5) is 14.2. The van der Waals surface area contributed by atoms with Gasteiger partial charge in [0.05, 0.1) is 17.6 Å². The fourth-order valence-corrected chi connectivity index (χ4v) is 1.59. The molecule has 0 saturated carbocycles. The Morgan fingerprint density at radius 2 is 2.21 bits per heavy atom. The van der Waals surface area contributed by atoms with Crippen LogP contribution in [-0.2, 0) is 6.61 Å². The Hall–Kier alpha value is -2.47. The van der Waals surface area contributed by atoms with Gasteiger partial charge in [-0.1, -0.05) is 6.07 Å². The van der Waals surface area contributed by atoms with Crippen LogP contribution in [0.25, 0.3) is 0 Å². The molecule has 0 fully saturated rings. The molecule has 0 aliphatic heterocycles. The molecule has 0 unspecified atom stereocenters. The van der Waals surface area contributed by atoms with E-state index in [1.807, 2.05) is 0 Å². The van der Waals surface area contributed by atoms with Crippen molar-refractivity contribution < 1.29 is 14.8 Å². The highest BCUT2D eigenvalue weighted by Crippen LogP contribution is 2.26. The van der Waals surface area contributed by atoms with Crippen molar-refractivity contribution >= 4 is 5.69 Å². The first-order valence-corrected chi connectivity index (χ1v) is 5.59. The number of aliphatic hydroxyl groups excluding tert-OH is 1. The first-order chi connectivity index (χ1) is 9.10. The van der Waals surface area contributed by atoms with Crippen LogP contribution in [0.5, 0.6) is 11.6 Å². The quantitative estimate of drug-likeness (QED) is 0.674. The highest BCUT2D eigenvalue weighted by molar-refractivity contribution is 5.40. The number of nitro benzene ring substituents is 1. The molecule has 0 bridgehead atoms. The van der Waals surface area contributed by atoms with Gasteiger partial charge in [0, 0.05) is 17.8 Å². The van der Waals surface area contributed by atoms with Crippen molar-refractivity contribution in [3.63, 3.8) is 0 Å². The third kappa shape index (κ3) is 3.05. The van der Waals surface area contributed by atoms with Crippen LogP contribution in [0.2, 0.25) is 0 Å². The Kier molecular flexibility index (Phi) is 3.72. The maximum atomic E-state index is 10.7. The minimum Gasteiger partial charge on any atom is -0.439 e. The van der Waals surface area contributed by atoms with Crippen molar-refractivity contribution in [1.29, 1.82) is 0 Å². The standard InChI is InChI=1S/C13H12N2O4/c1-9-5-10(8-16)7-14-13(9)19-12-4-2-3-11(6-12)15(17)18/h2-7,16H,8H2,1H3. The smallest absolute Gasteiger partial charge is 0.273 e. The van der Waals surface area contributed by atoms with Gasteiger partial charge in [0.2, 0.25) is 5.88 Å². The van der Waals surface area contributed by atoms with Gasteiger partial charge in [0.1, 0.15) is 5.75 Å². The number of rotatable bonds is 4. The van der Waals surface area contributed by atoms with Crippen LogP contribution in [0.1, 0.15) is 11.1 Å². The third-order valence-electron chi connectivity index (χ3n) is 2.51. The average Bonchev–Trinajstić information content (AvgIpc) is 2.41. The summed E-state index contributed by atoms with van der Waals surface area (Å²) in [7, 11) is 0. The van der Waals surface area contributed by atoms with Crippen LogP contribution in [0.3, 0.4) is 0 Å². The average molecular weight is 260 g/mol. The maximum Gasteiger partial charge on any atom is 0.273 e. The van der Waals surface area contributed by atoms with Gasteiger partial charge in [-0.05, 0) is 24.6 Å². The van der Waals surface area contributed by atoms with Crippen LogP contribution in [0.4, 0.5) is 5.69 Å². The molecule has 1 N–H and O–H groups in total. The molecule has 0 aliphatic rings. The molecule has 0 spiro atoms. The van der Waals surface area contributed by atoms with Crippen molar-refractivity contribution in [2.75, 3.05) is 0 Å². The van der Waals surface area contributed by atoms with Gasteiger partial charge in [-0.25, -0.2) is 4.98 Å². The lowest BCUT2D eigenvalue weighted by molar-refractivity contribution is -0.384. The van der Waals surface area contributed by atoms with Gasteiger partial charge in [-0.3, -0.25) is 10.1 Å². The Labute approximate surface area is 109 Å². The predicted octanol–water partition coefficient (Wildman–Crippen LogP) is 2.58. The van der Waals surface area contributed by atoms with Crippen molar-refractivity contribution in [3.05, 3.63) is 57.8 Å². The van der Waals surface area contributed by atoms with Gasteiger partial charge >= 0.3 is 0 Å². The number of aryl methyl sites for hydroxylation is 1. The molecule has 1 aromatic carbocycles. The monoisotopic (exact) mass is 260 g/mol. The van der Waals surface area contributed by atoms with Crippen LogP contribution in [-0.4, -0.2) is 15.0 Å². The molecule has 0 atom stereocenters. The molecular formula is C13H12N2O4. The van der Waals surface area contributed by atoms with E-state index in [4.69, 9.17) is 9.84 Å². The van der Waals surface area contributed by atoms with Crippen LogP contribution in [0, 0.1) is 17.0 Å². The summed E-state index contributed by atoms with van der Waals surface area (Å²) in [5.74, 6) is 0.708. The highest BCUT2D eigenvalue weighted by atomic mass is 16.6. The summed E-state index contributed by atoms with van der Waals surface area (Å²) in [6, 6.07) is 7.64. The van der Waals surface area contributed by atoms with E-state index < -0.39 is 4.92 Å². The summed E-state index contributed by atoms with van der Waals surface area (Å²) in [6.07, 6.45) is 1.50.